The molecule has 0 spiro atoms. The van der Waals surface area contributed by atoms with Gasteiger partial charge in [-0.3, -0.25) is 4.79 Å². The number of rotatable bonds is 37. The summed E-state index contributed by atoms with van der Waals surface area (Å²) in [5, 5.41) is 53.9. The molecule has 1 heterocycles. The van der Waals surface area contributed by atoms with E-state index < -0.39 is 49.5 Å². The molecule has 0 bridgehead atoms. The second-order valence-corrected chi connectivity index (χ2v) is 15.8. The van der Waals surface area contributed by atoms with Crippen LogP contribution in [-0.2, 0) is 14.3 Å². The molecule has 0 aromatic heterocycles. The van der Waals surface area contributed by atoms with Crippen LogP contribution < -0.4 is 5.32 Å². The van der Waals surface area contributed by atoms with Gasteiger partial charge in [-0.1, -0.05) is 186 Å². The van der Waals surface area contributed by atoms with Crippen LogP contribution in [0.5, 0.6) is 0 Å². The molecule has 1 saturated heterocycles. The minimum Gasteiger partial charge on any atom is -0.394 e. The van der Waals surface area contributed by atoms with Gasteiger partial charge in [0, 0.05) is 6.42 Å². The van der Waals surface area contributed by atoms with Gasteiger partial charge in [0.15, 0.2) is 6.29 Å². The van der Waals surface area contributed by atoms with Crippen LogP contribution in [-0.4, -0.2) is 87.5 Å². The van der Waals surface area contributed by atoms with Crippen LogP contribution in [0.1, 0.15) is 200 Å². The number of allylic oxidation sites excluding steroid dienone is 3. The van der Waals surface area contributed by atoms with Crippen molar-refractivity contribution in [1.82, 2.24) is 5.32 Å². The van der Waals surface area contributed by atoms with Gasteiger partial charge in [0.2, 0.25) is 5.91 Å². The second kappa shape index (κ2) is 36.0. The van der Waals surface area contributed by atoms with Crippen molar-refractivity contribution in [2.24, 2.45) is 0 Å². The molecule has 0 saturated carbocycles. The van der Waals surface area contributed by atoms with E-state index in [0.29, 0.717) is 6.42 Å². The average molecular weight is 768 g/mol. The molecule has 0 radical (unpaired) electrons. The van der Waals surface area contributed by atoms with Gasteiger partial charge in [0.1, 0.15) is 24.4 Å². The van der Waals surface area contributed by atoms with Crippen LogP contribution in [0.2, 0.25) is 0 Å². The Labute approximate surface area is 330 Å². The summed E-state index contributed by atoms with van der Waals surface area (Å²) in [6.45, 7) is 3.72. The van der Waals surface area contributed by atoms with Gasteiger partial charge >= 0.3 is 0 Å². The highest BCUT2D eigenvalue weighted by Gasteiger charge is 2.44. The van der Waals surface area contributed by atoms with Crippen molar-refractivity contribution in [2.45, 2.75) is 243 Å². The van der Waals surface area contributed by atoms with Crippen molar-refractivity contribution < 1.29 is 39.8 Å². The minimum atomic E-state index is -1.57. The first-order valence-electron chi connectivity index (χ1n) is 22.6. The van der Waals surface area contributed by atoms with E-state index in [0.717, 1.165) is 38.5 Å². The first kappa shape index (κ1) is 50.7. The third-order valence-corrected chi connectivity index (χ3v) is 10.8. The molecule has 1 aliphatic rings. The number of carbonyl (C=O) groups is 1. The number of aliphatic hydroxyl groups is 5. The van der Waals surface area contributed by atoms with Crippen molar-refractivity contribution in [1.29, 1.82) is 0 Å². The molecule has 1 aliphatic heterocycles. The Hall–Kier alpha value is -1.33. The Balaban J connectivity index is 2.29. The molecule has 1 rings (SSSR count). The highest BCUT2D eigenvalue weighted by Crippen LogP contribution is 2.22. The zero-order valence-electron chi connectivity index (χ0n) is 34.7. The molecule has 7 atom stereocenters. The number of hydrogen-bond donors (Lipinski definition) is 6. The van der Waals surface area contributed by atoms with Crippen molar-refractivity contribution in [2.75, 3.05) is 13.2 Å². The fourth-order valence-corrected chi connectivity index (χ4v) is 7.11. The van der Waals surface area contributed by atoms with E-state index in [1.165, 1.54) is 141 Å². The fourth-order valence-electron chi connectivity index (χ4n) is 7.11. The van der Waals surface area contributed by atoms with Crippen molar-refractivity contribution in [3.8, 4) is 0 Å². The van der Waals surface area contributed by atoms with E-state index in [1.54, 1.807) is 6.08 Å². The zero-order chi connectivity index (χ0) is 39.5. The monoisotopic (exact) mass is 768 g/mol. The molecule has 318 valence electrons. The standard InChI is InChI=1S/C45H85NO8/c1-3-5-7-9-11-13-14-15-16-17-18-19-20-21-22-23-24-25-26-27-28-30-32-34-39(48)38(46-41(49)35-33-31-29-12-10-8-6-4-2)37-53-45-44(52)43(51)42(50)40(36-47)54-45/h26-27,32,34,38-40,42-45,47-48,50-52H,3-25,28-31,33,35-37H2,1-2H3,(H,46,49)/b27-26+,34-32+. The first-order valence-corrected chi connectivity index (χ1v) is 22.6. The summed E-state index contributed by atoms with van der Waals surface area (Å²) >= 11 is 0. The quantitative estimate of drug-likeness (QED) is 0.0271. The van der Waals surface area contributed by atoms with Crippen LogP contribution >= 0.6 is 0 Å². The predicted molar refractivity (Wildman–Crippen MR) is 221 cm³/mol. The highest BCUT2D eigenvalue weighted by molar-refractivity contribution is 5.76. The number of ether oxygens (including phenoxy) is 2. The van der Waals surface area contributed by atoms with Gasteiger partial charge in [0.25, 0.3) is 0 Å². The van der Waals surface area contributed by atoms with E-state index in [-0.39, 0.29) is 12.5 Å². The predicted octanol–water partition coefficient (Wildman–Crippen LogP) is 9.11. The van der Waals surface area contributed by atoms with Crippen molar-refractivity contribution >= 4 is 5.91 Å². The maximum Gasteiger partial charge on any atom is 0.220 e. The second-order valence-electron chi connectivity index (χ2n) is 15.8. The van der Waals surface area contributed by atoms with E-state index >= 15 is 0 Å². The lowest BCUT2D eigenvalue weighted by Crippen LogP contribution is -2.60. The Bertz CT molecular complexity index is 899. The molecule has 6 N–H and O–H groups in total. The molecular weight excluding hydrogens is 682 g/mol. The summed E-state index contributed by atoms with van der Waals surface area (Å²) in [6, 6.07) is -0.814. The van der Waals surface area contributed by atoms with Crippen LogP contribution in [0.3, 0.4) is 0 Å². The third kappa shape index (κ3) is 26.5. The Morgan fingerprint density at radius 1 is 0.611 bits per heavy atom. The van der Waals surface area contributed by atoms with Gasteiger partial charge in [-0.2, -0.15) is 0 Å². The Morgan fingerprint density at radius 2 is 1.06 bits per heavy atom. The highest BCUT2D eigenvalue weighted by atomic mass is 16.7. The molecule has 9 nitrogen and oxygen atoms in total. The number of unbranched alkanes of at least 4 members (excludes halogenated alkanes) is 25. The summed E-state index contributed by atoms with van der Waals surface area (Å²) in [5.41, 5.74) is 0. The molecule has 1 fully saturated rings. The summed E-state index contributed by atoms with van der Waals surface area (Å²) in [4.78, 5) is 12.8. The van der Waals surface area contributed by atoms with E-state index in [2.05, 4.69) is 31.3 Å². The summed E-state index contributed by atoms with van der Waals surface area (Å²) in [7, 11) is 0. The van der Waals surface area contributed by atoms with E-state index in [9.17, 15) is 30.3 Å². The van der Waals surface area contributed by atoms with Gasteiger partial charge in [-0.15, -0.1) is 0 Å². The van der Waals surface area contributed by atoms with Crippen LogP contribution in [0.4, 0.5) is 0 Å². The molecular formula is C45H85NO8. The van der Waals surface area contributed by atoms with Gasteiger partial charge in [0.05, 0.1) is 25.4 Å². The lowest BCUT2D eigenvalue weighted by molar-refractivity contribution is -0.302. The van der Waals surface area contributed by atoms with Crippen molar-refractivity contribution in [3.05, 3.63) is 24.3 Å². The van der Waals surface area contributed by atoms with Crippen LogP contribution in [0.25, 0.3) is 0 Å². The third-order valence-electron chi connectivity index (χ3n) is 10.8. The van der Waals surface area contributed by atoms with Crippen molar-refractivity contribution in [3.63, 3.8) is 0 Å². The maximum absolute atomic E-state index is 12.8. The first-order chi connectivity index (χ1) is 26.3. The van der Waals surface area contributed by atoms with Gasteiger partial charge in [-0.05, 0) is 32.1 Å². The minimum absolute atomic E-state index is 0.192. The molecule has 9 heteroatoms. The number of nitrogens with one attached hydrogen (secondary N) is 1. The summed E-state index contributed by atoms with van der Waals surface area (Å²) in [5.74, 6) is -0.192. The maximum atomic E-state index is 12.8. The number of carbonyl (C=O) groups excluding carboxylic acids is 1. The topological polar surface area (TPSA) is 149 Å². The SMILES string of the molecule is CCCCCCCCCCCCCCCCCCC/C=C/CC/C=C/C(O)C(COC1OC(CO)C(O)C(O)C1O)NC(=O)CCCCCCCCCC. The molecule has 7 unspecified atom stereocenters. The molecule has 54 heavy (non-hydrogen) atoms. The van der Waals surface area contributed by atoms with E-state index in [1.807, 2.05) is 6.08 Å². The number of aliphatic hydroxyl groups excluding tert-OH is 5. The average Bonchev–Trinajstić information content (AvgIpc) is 3.17. The Morgan fingerprint density at radius 3 is 1.56 bits per heavy atom. The molecule has 0 aromatic rings. The molecule has 0 aliphatic carbocycles. The largest absolute Gasteiger partial charge is 0.394 e. The lowest BCUT2D eigenvalue weighted by atomic mass is 9.99. The van der Waals surface area contributed by atoms with Gasteiger partial charge < -0.3 is 40.3 Å². The summed E-state index contributed by atoms with van der Waals surface area (Å²) in [6.07, 6.45) is 35.4. The fraction of sp³-hybridized carbons (Fsp3) is 0.889. The molecule has 0 aromatic carbocycles. The number of amides is 1. The smallest absolute Gasteiger partial charge is 0.220 e. The molecule has 1 amide bonds. The normalized spacial score (nSPS) is 21.6. The van der Waals surface area contributed by atoms with Gasteiger partial charge in [-0.25, -0.2) is 0 Å². The van der Waals surface area contributed by atoms with Crippen LogP contribution in [0, 0.1) is 0 Å². The van der Waals surface area contributed by atoms with Crippen LogP contribution in [0.15, 0.2) is 24.3 Å². The number of hydrogen-bond acceptors (Lipinski definition) is 8. The summed E-state index contributed by atoms with van der Waals surface area (Å²) < 4.78 is 11.2. The zero-order valence-corrected chi connectivity index (χ0v) is 34.7. The van der Waals surface area contributed by atoms with E-state index in [4.69, 9.17) is 9.47 Å². The lowest BCUT2D eigenvalue weighted by Gasteiger charge is -2.40. The Kier molecular flexibility index (Phi) is 33.8.